The van der Waals surface area contributed by atoms with Gasteiger partial charge in [0.05, 0.1) is 23.6 Å². The van der Waals surface area contributed by atoms with E-state index in [2.05, 4.69) is 4.90 Å². The molecule has 0 N–H and O–H groups in total. The Hall–Kier alpha value is -3.68. The van der Waals surface area contributed by atoms with Gasteiger partial charge < -0.3 is 9.64 Å². The summed E-state index contributed by atoms with van der Waals surface area (Å²) in [7, 11) is -3.83. The molecule has 1 aromatic heterocycles. The highest BCUT2D eigenvalue weighted by Crippen LogP contribution is 2.31. The molecular weight excluding hydrogens is 460 g/mol. The highest BCUT2D eigenvalue weighted by atomic mass is 32.2. The van der Waals surface area contributed by atoms with Crippen molar-refractivity contribution in [2.45, 2.75) is 11.8 Å². The molecule has 0 amide bonds. The first-order valence-electron chi connectivity index (χ1n) is 11.5. The molecule has 1 fully saturated rings. The minimum Gasteiger partial charge on any atom is -0.378 e. The van der Waals surface area contributed by atoms with Crippen molar-refractivity contribution in [3.63, 3.8) is 0 Å². The van der Waals surface area contributed by atoms with Gasteiger partial charge in [0.15, 0.2) is 5.78 Å². The van der Waals surface area contributed by atoms with Crippen LogP contribution in [-0.4, -0.2) is 44.5 Å². The van der Waals surface area contributed by atoms with Gasteiger partial charge in [-0.15, -0.1) is 0 Å². The van der Waals surface area contributed by atoms with Gasteiger partial charge in [0.1, 0.15) is 0 Å². The standard InChI is InChI=1S/C28H26N2O4S/c1-21-7-11-25(12-8-21)35(32,33)30-20-23(9-14-28(31)22-5-3-2-4-6-22)26-19-24(10-13-27(26)30)29-15-17-34-18-16-29/h2-14,19-20H,15-18H2,1H3/b14-9+. The number of aryl methyl sites for hydroxylation is 1. The molecule has 0 spiro atoms. The molecule has 3 aromatic carbocycles. The van der Waals surface area contributed by atoms with Gasteiger partial charge in [0.2, 0.25) is 0 Å². The minimum atomic E-state index is -3.83. The Morgan fingerprint density at radius 3 is 2.37 bits per heavy atom. The summed E-state index contributed by atoms with van der Waals surface area (Å²) in [5.74, 6) is -0.141. The lowest BCUT2D eigenvalue weighted by Gasteiger charge is -2.29. The number of carbonyl (C=O) groups excluding carboxylic acids is 1. The highest BCUT2D eigenvalue weighted by molar-refractivity contribution is 7.90. The van der Waals surface area contributed by atoms with E-state index in [-0.39, 0.29) is 10.7 Å². The monoisotopic (exact) mass is 486 g/mol. The first kappa shape index (κ1) is 23.1. The first-order valence-corrected chi connectivity index (χ1v) is 12.9. The number of nitrogens with zero attached hydrogens (tertiary/aromatic N) is 2. The predicted octanol–water partition coefficient (Wildman–Crippen LogP) is 4.92. The van der Waals surface area contributed by atoms with E-state index in [4.69, 9.17) is 4.74 Å². The number of fused-ring (bicyclic) bond motifs is 1. The number of ketones is 1. The minimum absolute atomic E-state index is 0.141. The molecule has 0 atom stereocenters. The fourth-order valence-corrected chi connectivity index (χ4v) is 5.63. The van der Waals surface area contributed by atoms with Crippen LogP contribution in [0.4, 0.5) is 5.69 Å². The molecule has 0 radical (unpaired) electrons. The summed E-state index contributed by atoms with van der Waals surface area (Å²) in [5, 5.41) is 0.766. The second-order valence-electron chi connectivity index (χ2n) is 8.56. The third-order valence-electron chi connectivity index (χ3n) is 6.21. The van der Waals surface area contributed by atoms with Crippen molar-refractivity contribution in [1.82, 2.24) is 3.97 Å². The number of allylic oxidation sites excluding steroid dienone is 1. The zero-order valence-electron chi connectivity index (χ0n) is 19.4. The van der Waals surface area contributed by atoms with E-state index < -0.39 is 10.0 Å². The van der Waals surface area contributed by atoms with Crippen molar-refractivity contribution >= 4 is 38.5 Å². The molecule has 2 heterocycles. The van der Waals surface area contributed by atoms with E-state index in [1.807, 2.05) is 43.3 Å². The molecule has 0 bridgehead atoms. The van der Waals surface area contributed by atoms with Gasteiger partial charge in [-0.1, -0.05) is 48.0 Å². The summed E-state index contributed by atoms with van der Waals surface area (Å²) in [6.45, 7) is 4.76. The molecule has 178 valence electrons. The smallest absolute Gasteiger partial charge is 0.268 e. The number of aromatic nitrogens is 1. The van der Waals surface area contributed by atoms with Crippen molar-refractivity contribution in [2.75, 3.05) is 31.2 Å². The number of hydrogen-bond donors (Lipinski definition) is 0. The van der Waals surface area contributed by atoms with Crippen LogP contribution in [0.2, 0.25) is 0 Å². The largest absolute Gasteiger partial charge is 0.378 e. The Labute approximate surface area is 205 Å². The zero-order valence-corrected chi connectivity index (χ0v) is 20.2. The first-order chi connectivity index (χ1) is 16.9. The van der Waals surface area contributed by atoms with Crippen molar-refractivity contribution in [1.29, 1.82) is 0 Å². The second kappa shape index (κ2) is 9.52. The van der Waals surface area contributed by atoms with Crippen LogP contribution in [0.25, 0.3) is 17.0 Å². The average molecular weight is 487 g/mol. The summed E-state index contributed by atoms with van der Waals surface area (Å²) in [5.41, 5.74) is 3.79. The zero-order chi connectivity index (χ0) is 24.4. The molecule has 1 aliphatic rings. The molecule has 1 saturated heterocycles. The third-order valence-corrected chi connectivity index (χ3v) is 7.90. The Morgan fingerprint density at radius 1 is 0.943 bits per heavy atom. The van der Waals surface area contributed by atoms with E-state index in [9.17, 15) is 13.2 Å². The molecule has 1 aliphatic heterocycles. The fourth-order valence-electron chi connectivity index (χ4n) is 4.25. The van der Waals surface area contributed by atoms with E-state index in [0.29, 0.717) is 29.9 Å². The molecule has 6 nitrogen and oxygen atoms in total. The van der Waals surface area contributed by atoms with Crippen LogP contribution in [0.3, 0.4) is 0 Å². The van der Waals surface area contributed by atoms with Gasteiger partial charge in [-0.25, -0.2) is 12.4 Å². The lowest BCUT2D eigenvalue weighted by molar-refractivity contribution is 0.104. The van der Waals surface area contributed by atoms with Gasteiger partial charge in [-0.3, -0.25) is 4.79 Å². The van der Waals surface area contributed by atoms with E-state index in [1.165, 1.54) is 10.0 Å². The van der Waals surface area contributed by atoms with E-state index in [1.54, 1.807) is 48.7 Å². The quantitative estimate of drug-likeness (QED) is 0.286. The number of rotatable bonds is 6. The van der Waals surface area contributed by atoms with Crippen LogP contribution in [0.15, 0.2) is 90.0 Å². The number of carbonyl (C=O) groups is 1. The maximum atomic E-state index is 13.6. The summed E-state index contributed by atoms with van der Waals surface area (Å²) in [4.78, 5) is 15.1. The van der Waals surface area contributed by atoms with Crippen molar-refractivity contribution in [2.24, 2.45) is 0 Å². The molecule has 0 saturated carbocycles. The summed E-state index contributed by atoms with van der Waals surface area (Å²) < 4.78 is 33.9. The van der Waals surface area contributed by atoms with Crippen LogP contribution >= 0.6 is 0 Å². The molecule has 0 unspecified atom stereocenters. The van der Waals surface area contributed by atoms with E-state index >= 15 is 0 Å². The average Bonchev–Trinajstić information content (AvgIpc) is 3.27. The Kier molecular flexibility index (Phi) is 6.28. The highest BCUT2D eigenvalue weighted by Gasteiger charge is 2.22. The van der Waals surface area contributed by atoms with Gasteiger partial charge in [-0.2, -0.15) is 0 Å². The third kappa shape index (κ3) is 4.65. The predicted molar refractivity (Wildman–Crippen MR) is 139 cm³/mol. The lowest BCUT2D eigenvalue weighted by Crippen LogP contribution is -2.36. The SMILES string of the molecule is Cc1ccc(S(=O)(=O)n2cc(/C=C/C(=O)c3ccccc3)c3cc(N4CCOCC4)ccc32)cc1. The number of ether oxygens (including phenoxy) is 1. The number of anilines is 1. The van der Waals surface area contributed by atoms with Crippen molar-refractivity contribution in [3.05, 3.63) is 102 Å². The molecular formula is C28H26N2O4S. The van der Waals surface area contributed by atoms with Crippen LogP contribution in [0.1, 0.15) is 21.5 Å². The normalized spacial score (nSPS) is 14.6. The van der Waals surface area contributed by atoms with Crippen LogP contribution < -0.4 is 4.90 Å². The molecule has 4 aromatic rings. The van der Waals surface area contributed by atoms with Crippen LogP contribution in [0.5, 0.6) is 0 Å². The van der Waals surface area contributed by atoms with Gasteiger partial charge in [0, 0.05) is 41.5 Å². The fraction of sp³-hybridized carbons (Fsp3) is 0.179. The Morgan fingerprint density at radius 2 is 1.66 bits per heavy atom. The maximum Gasteiger partial charge on any atom is 0.268 e. The van der Waals surface area contributed by atoms with Gasteiger partial charge >= 0.3 is 0 Å². The van der Waals surface area contributed by atoms with Gasteiger partial charge in [0.25, 0.3) is 10.0 Å². The summed E-state index contributed by atoms with van der Waals surface area (Å²) in [6, 6.07) is 21.6. The molecule has 0 aliphatic carbocycles. The number of benzene rings is 3. The van der Waals surface area contributed by atoms with Crippen molar-refractivity contribution in [3.8, 4) is 0 Å². The molecule has 7 heteroatoms. The number of morpholine rings is 1. The Bertz CT molecular complexity index is 1500. The molecule has 35 heavy (non-hydrogen) atoms. The maximum absolute atomic E-state index is 13.6. The lowest BCUT2D eigenvalue weighted by atomic mass is 10.1. The van der Waals surface area contributed by atoms with Crippen LogP contribution in [0, 0.1) is 6.92 Å². The number of hydrogen-bond acceptors (Lipinski definition) is 5. The topological polar surface area (TPSA) is 68.6 Å². The summed E-state index contributed by atoms with van der Waals surface area (Å²) >= 11 is 0. The second-order valence-corrected chi connectivity index (χ2v) is 10.4. The summed E-state index contributed by atoms with van der Waals surface area (Å²) in [6.07, 6.45) is 4.79. The van der Waals surface area contributed by atoms with E-state index in [0.717, 1.165) is 29.7 Å². The van der Waals surface area contributed by atoms with Gasteiger partial charge in [-0.05, 0) is 49.4 Å². The van der Waals surface area contributed by atoms with Crippen molar-refractivity contribution < 1.29 is 17.9 Å². The molecule has 5 rings (SSSR count). The van der Waals surface area contributed by atoms with Crippen LogP contribution in [-0.2, 0) is 14.8 Å². The Balaban J connectivity index is 1.61.